The number of benzene rings is 1. The lowest BCUT2D eigenvalue weighted by Crippen LogP contribution is -2.14. The van der Waals surface area contributed by atoms with Crippen molar-refractivity contribution in [1.82, 2.24) is 4.68 Å². The van der Waals surface area contributed by atoms with Gasteiger partial charge in [0.05, 0.1) is 21.3 Å². The monoisotopic (exact) mass is 499 g/mol. The van der Waals surface area contributed by atoms with Crippen LogP contribution < -0.4 is 4.80 Å². The highest BCUT2D eigenvalue weighted by atomic mass is 79.9. The molecule has 0 aliphatic carbocycles. The summed E-state index contributed by atoms with van der Waals surface area (Å²) in [6.07, 6.45) is 1.65. The Kier molecular flexibility index (Phi) is 5.93. The SMILES string of the molecule is CC(C)N=c1scc(-c2cccs2)n1N=Cc1cc(Br)cc(Br)c1O. The molecule has 0 atom stereocenters. The number of aromatic nitrogens is 1. The Hall–Kier alpha value is -1.22. The van der Waals surface area contributed by atoms with Gasteiger partial charge in [0.2, 0.25) is 4.80 Å². The maximum atomic E-state index is 10.2. The molecule has 1 aromatic carbocycles. The fourth-order valence-corrected chi connectivity index (χ4v) is 5.14. The van der Waals surface area contributed by atoms with E-state index in [0.29, 0.717) is 10.0 Å². The molecule has 25 heavy (non-hydrogen) atoms. The fourth-order valence-electron chi connectivity index (χ4n) is 2.12. The molecule has 0 spiro atoms. The lowest BCUT2D eigenvalue weighted by Gasteiger charge is -2.04. The van der Waals surface area contributed by atoms with Crippen LogP contribution in [-0.4, -0.2) is 22.0 Å². The number of thiazole rings is 1. The van der Waals surface area contributed by atoms with Crippen molar-refractivity contribution in [2.75, 3.05) is 0 Å². The summed E-state index contributed by atoms with van der Waals surface area (Å²) in [5.41, 5.74) is 1.61. The molecule has 2 aromatic heterocycles. The minimum Gasteiger partial charge on any atom is -0.506 e. The Morgan fingerprint density at radius 2 is 2.04 bits per heavy atom. The molecule has 4 nitrogen and oxygen atoms in total. The molecule has 130 valence electrons. The molecular formula is C17H15Br2N3OS2. The predicted octanol–water partition coefficient (Wildman–Crippen LogP) is 5.70. The molecule has 0 fully saturated rings. The van der Waals surface area contributed by atoms with E-state index in [9.17, 15) is 5.11 Å². The van der Waals surface area contributed by atoms with Crippen molar-refractivity contribution in [2.45, 2.75) is 19.9 Å². The summed E-state index contributed by atoms with van der Waals surface area (Å²) in [6.45, 7) is 4.08. The van der Waals surface area contributed by atoms with Crippen LogP contribution in [0.15, 0.2) is 54.1 Å². The zero-order valence-corrected chi connectivity index (χ0v) is 18.3. The Morgan fingerprint density at radius 1 is 1.24 bits per heavy atom. The van der Waals surface area contributed by atoms with Crippen LogP contribution in [0.2, 0.25) is 0 Å². The molecule has 0 aliphatic rings. The molecular weight excluding hydrogens is 486 g/mol. The fraction of sp³-hybridized carbons (Fsp3) is 0.176. The van der Waals surface area contributed by atoms with E-state index in [4.69, 9.17) is 0 Å². The van der Waals surface area contributed by atoms with Crippen molar-refractivity contribution < 1.29 is 5.11 Å². The predicted molar refractivity (Wildman–Crippen MR) is 113 cm³/mol. The van der Waals surface area contributed by atoms with Crippen LogP contribution in [0.4, 0.5) is 0 Å². The Morgan fingerprint density at radius 3 is 2.72 bits per heavy atom. The second-order valence-electron chi connectivity index (χ2n) is 5.49. The van der Waals surface area contributed by atoms with Gasteiger partial charge in [0.15, 0.2) is 0 Å². The van der Waals surface area contributed by atoms with Crippen molar-refractivity contribution in [2.24, 2.45) is 10.1 Å². The highest BCUT2D eigenvalue weighted by molar-refractivity contribution is 9.11. The first-order chi connectivity index (χ1) is 12.0. The van der Waals surface area contributed by atoms with Gasteiger partial charge < -0.3 is 5.11 Å². The maximum absolute atomic E-state index is 10.2. The summed E-state index contributed by atoms with van der Waals surface area (Å²) < 4.78 is 3.30. The van der Waals surface area contributed by atoms with E-state index in [2.05, 4.69) is 53.4 Å². The number of rotatable bonds is 4. The van der Waals surface area contributed by atoms with Gasteiger partial charge in [-0.25, -0.2) is 4.68 Å². The lowest BCUT2D eigenvalue weighted by atomic mass is 10.2. The van der Waals surface area contributed by atoms with Crippen molar-refractivity contribution >= 4 is 60.7 Å². The van der Waals surface area contributed by atoms with Gasteiger partial charge in [-0.1, -0.05) is 22.0 Å². The van der Waals surface area contributed by atoms with E-state index in [1.54, 1.807) is 35.0 Å². The summed E-state index contributed by atoms with van der Waals surface area (Å²) >= 11 is 9.99. The van der Waals surface area contributed by atoms with Gasteiger partial charge >= 0.3 is 0 Å². The molecule has 0 saturated carbocycles. The molecule has 0 amide bonds. The van der Waals surface area contributed by atoms with Gasteiger partial charge in [-0.05, 0) is 53.4 Å². The summed E-state index contributed by atoms with van der Waals surface area (Å²) in [4.78, 5) is 6.60. The van der Waals surface area contributed by atoms with Crippen LogP contribution in [-0.2, 0) is 0 Å². The van der Waals surface area contributed by atoms with E-state index in [0.717, 1.165) is 19.8 Å². The Bertz CT molecular complexity index is 972. The minimum absolute atomic E-state index is 0.155. The zero-order valence-electron chi connectivity index (χ0n) is 13.5. The minimum atomic E-state index is 0.155. The van der Waals surface area contributed by atoms with Gasteiger partial charge in [0, 0.05) is 21.5 Å². The zero-order chi connectivity index (χ0) is 18.0. The number of hydrogen-bond donors (Lipinski definition) is 1. The molecule has 0 aliphatic heterocycles. The maximum Gasteiger partial charge on any atom is 0.206 e. The van der Waals surface area contributed by atoms with E-state index in [1.165, 1.54) is 0 Å². The molecule has 2 heterocycles. The smallest absolute Gasteiger partial charge is 0.206 e. The first-order valence-electron chi connectivity index (χ1n) is 7.46. The van der Waals surface area contributed by atoms with Gasteiger partial charge in [0.25, 0.3) is 0 Å². The third-order valence-corrected chi connectivity index (χ3v) is 5.98. The Balaban J connectivity index is 2.12. The largest absolute Gasteiger partial charge is 0.506 e. The first kappa shape index (κ1) is 18.6. The molecule has 3 aromatic rings. The second-order valence-corrected chi connectivity index (χ2v) is 9.04. The van der Waals surface area contributed by atoms with Crippen molar-refractivity contribution in [1.29, 1.82) is 0 Å². The van der Waals surface area contributed by atoms with Gasteiger partial charge in [-0.15, -0.1) is 22.7 Å². The van der Waals surface area contributed by atoms with Crippen LogP contribution in [0.25, 0.3) is 10.6 Å². The third-order valence-electron chi connectivity index (χ3n) is 3.20. The highest BCUT2D eigenvalue weighted by Gasteiger charge is 2.10. The van der Waals surface area contributed by atoms with Crippen molar-refractivity contribution in [3.8, 4) is 16.3 Å². The molecule has 1 N–H and O–H groups in total. The van der Waals surface area contributed by atoms with Gasteiger partial charge in [-0.2, -0.15) is 5.10 Å². The number of nitrogens with zero attached hydrogens (tertiary/aromatic N) is 3. The van der Waals surface area contributed by atoms with Crippen LogP contribution in [0.3, 0.4) is 0 Å². The number of thiophene rings is 1. The number of halogens is 2. The molecule has 0 bridgehead atoms. The standard InChI is InChI=1S/C17H15Br2N3OS2/c1-10(2)21-17-22(14(9-25-17)15-4-3-5-24-15)20-8-11-6-12(18)7-13(19)16(11)23/h3-10,23H,1-2H3. The molecule has 0 unspecified atom stereocenters. The van der Waals surface area contributed by atoms with Crippen molar-refractivity contribution in [3.63, 3.8) is 0 Å². The number of phenolic OH excluding ortho intramolecular Hbond substituents is 1. The first-order valence-corrected chi connectivity index (χ1v) is 10.8. The molecule has 3 rings (SSSR count). The summed E-state index contributed by atoms with van der Waals surface area (Å²) in [5, 5.41) is 18.9. The summed E-state index contributed by atoms with van der Waals surface area (Å²) in [6, 6.07) is 7.86. The third kappa shape index (κ3) is 4.31. The van der Waals surface area contributed by atoms with Crippen LogP contribution in [0.5, 0.6) is 5.75 Å². The quantitative estimate of drug-likeness (QED) is 0.459. The second kappa shape index (κ2) is 7.99. The summed E-state index contributed by atoms with van der Waals surface area (Å²) in [5.74, 6) is 0.155. The van der Waals surface area contributed by atoms with E-state index in [1.807, 2.05) is 36.0 Å². The average Bonchev–Trinajstić information content (AvgIpc) is 3.18. The van der Waals surface area contributed by atoms with Gasteiger partial charge in [-0.3, -0.25) is 4.99 Å². The number of phenols is 1. The number of aromatic hydroxyl groups is 1. The molecule has 0 radical (unpaired) electrons. The normalized spacial score (nSPS) is 12.6. The van der Waals surface area contributed by atoms with Crippen LogP contribution in [0, 0.1) is 0 Å². The van der Waals surface area contributed by atoms with E-state index in [-0.39, 0.29) is 11.8 Å². The lowest BCUT2D eigenvalue weighted by molar-refractivity contribution is 0.471. The molecule has 8 heteroatoms. The average molecular weight is 501 g/mol. The topological polar surface area (TPSA) is 49.9 Å². The highest BCUT2D eigenvalue weighted by Crippen LogP contribution is 2.31. The summed E-state index contributed by atoms with van der Waals surface area (Å²) in [7, 11) is 0. The van der Waals surface area contributed by atoms with E-state index >= 15 is 0 Å². The van der Waals surface area contributed by atoms with Crippen molar-refractivity contribution in [3.05, 3.63) is 54.3 Å². The van der Waals surface area contributed by atoms with Crippen LogP contribution >= 0.6 is 54.5 Å². The number of hydrogen-bond acceptors (Lipinski definition) is 5. The molecule has 0 saturated heterocycles. The van der Waals surface area contributed by atoms with Crippen LogP contribution in [0.1, 0.15) is 19.4 Å². The Labute approximate surface area is 170 Å². The van der Waals surface area contributed by atoms with Gasteiger partial charge in [0.1, 0.15) is 5.75 Å². The van der Waals surface area contributed by atoms with E-state index < -0.39 is 0 Å².